The predicted molar refractivity (Wildman–Crippen MR) is 117 cm³/mol. The van der Waals surface area contributed by atoms with Crippen LogP contribution in [0.15, 0.2) is 54.6 Å². The number of hydrogen-bond acceptors (Lipinski definition) is 8. The van der Waals surface area contributed by atoms with Crippen molar-refractivity contribution in [2.45, 2.75) is 5.60 Å². The van der Waals surface area contributed by atoms with E-state index in [1.54, 1.807) is 30.3 Å². The molecule has 33 heavy (non-hydrogen) atoms. The maximum Gasteiger partial charge on any atom is 0.340 e. The summed E-state index contributed by atoms with van der Waals surface area (Å²) >= 11 is 11.9. The van der Waals surface area contributed by atoms with Gasteiger partial charge in [-0.2, -0.15) is 15.0 Å². The molecule has 1 spiro atoms. The molecule has 0 unspecified atom stereocenters. The minimum atomic E-state index is -1.40. The highest BCUT2D eigenvalue weighted by molar-refractivity contribution is 6.31. The molecule has 0 aliphatic carbocycles. The molecule has 0 fully saturated rings. The monoisotopic (exact) mass is 479 g/mol. The van der Waals surface area contributed by atoms with Gasteiger partial charge in [0.2, 0.25) is 10.6 Å². The van der Waals surface area contributed by atoms with Gasteiger partial charge < -0.3 is 19.7 Å². The molecule has 2 aliphatic heterocycles. The number of phenols is 2. The average Bonchev–Trinajstić information content (AvgIpc) is 3.06. The Balaban J connectivity index is 1.69. The fourth-order valence-electron chi connectivity index (χ4n) is 4.38. The Morgan fingerprint density at radius 2 is 1.39 bits per heavy atom. The molecule has 3 heterocycles. The van der Waals surface area contributed by atoms with E-state index < -0.39 is 11.6 Å². The Morgan fingerprint density at radius 1 is 0.788 bits per heavy atom. The number of halogens is 2. The fourth-order valence-corrected chi connectivity index (χ4v) is 4.74. The van der Waals surface area contributed by atoms with Crippen molar-refractivity contribution in [3.63, 3.8) is 0 Å². The summed E-state index contributed by atoms with van der Waals surface area (Å²) in [6.45, 7) is 0. The van der Waals surface area contributed by atoms with Crippen LogP contribution in [0, 0.1) is 0 Å². The van der Waals surface area contributed by atoms with Crippen molar-refractivity contribution in [1.82, 2.24) is 15.0 Å². The number of benzene rings is 3. The van der Waals surface area contributed by atoms with Crippen LogP contribution in [0.2, 0.25) is 10.6 Å². The average molecular weight is 480 g/mol. The van der Waals surface area contributed by atoms with E-state index in [0.29, 0.717) is 22.3 Å². The van der Waals surface area contributed by atoms with Crippen LogP contribution >= 0.6 is 23.2 Å². The van der Waals surface area contributed by atoms with Crippen molar-refractivity contribution in [1.29, 1.82) is 0 Å². The van der Waals surface area contributed by atoms with Crippen molar-refractivity contribution in [2.24, 2.45) is 0 Å². The van der Waals surface area contributed by atoms with E-state index in [-0.39, 0.29) is 45.0 Å². The first-order valence-corrected chi connectivity index (χ1v) is 10.4. The second-order valence-corrected chi connectivity index (χ2v) is 8.14. The minimum Gasteiger partial charge on any atom is -0.508 e. The van der Waals surface area contributed by atoms with Gasteiger partial charge in [-0.15, -0.1) is 0 Å². The third-order valence-corrected chi connectivity index (χ3v) is 5.96. The van der Waals surface area contributed by atoms with Gasteiger partial charge in [0, 0.05) is 34.4 Å². The number of rotatable bonds is 1. The molecule has 4 aromatic rings. The topological polar surface area (TPSA) is 115 Å². The number of aromatic hydroxyl groups is 2. The number of phenolic OH excluding ortho intramolecular Hbond substituents is 2. The number of fused-ring (bicyclic) bond motifs is 6. The van der Waals surface area contributed by atoms with E-state index in [4.69, 9.17) is 32.7 Å². The number of ether oxygens (including phenoxy) is 2. The van der Waals surface area contributed by atoms with Gasteiger partial charge in [0.25, 0.3) is 0 Å². The molecule has 0 saturated carbocycles. The van der Waals surface area contributed by atoms with Crippen LogP contribution < -0.4 is 4.74 Å². The van der Waals surface area contributed by atoms with Gasteiger partial charge >= 0.3 is 5.97 Å². The van der Waals surface area contributed by atoms with Crippen molar-refractivity contribution in [2.75, 3.05) is 0 Å². The number of aromatic nitrogens is 3. The Bertz CT molecular complexity index is 1440. The molecule has 2 aliphatic rings. The second kappa shape index (κ2) is 6.81. The van der Waals surface area contributed by atoms with Crippen LogP contribution in [0.5, 0.6) is 23.0 Å². The summed E-state index contributed by atoms with van der Waals surface area (Å²) in [5.41, 5.74) is 0.736. The lowest BCUT2D eigenvalue weighted by molar-refractivity contribution is 0.0224. The number of hydrogen-bond donors (Lipinski definition) is 2. The lowest BCUT2D eigenvalue weighted by atomic mass is 9.77. The van der Waals surface area contributed by atoms with Crippen LogP contribution in [-0.2, 0) is 10.3 Å². The molecular weight excluding hydrogens is 469 g/mol. The molecule has 0 bridgehead atoms. The summed E-state index contributed by atoms with van der Waals surface area (Å²) in [4.78, 5) is 25.4. The standard InChI is InChI=1S/C23H11Cl2N3O5/c24-21-26-19(27-22(25)28-21)12-2-1-3-15-18(12)20(31)33-23(15)13-6-4-10(29)8-16(13)32-17-9-11(30)5-7-14(17)23/h1-9,29-30H. The van der Waals surface area contributed by atoms with Gasteiger partial charge in [0.15, 0.2) is 11.4 Å². The molecule has 1 aromatic heterocycles. The first-order chi connectivity index (χ1) is 15.9. The van der Waals surface area contributed by atoms with Crippen molar-refractivity contribution < 1.29 is 24.5 Å². The summed E-state index contributed by atoms with van der Waals surface area (Å²) < 4.78 is 12.0. The predicted octanol–water partition coefficient (Wildman–Crippen LogP) is 4.82. The first kappa shape index (κ1) is 19.8. The van der Waals surface area contributed by atoms with Gasteiger partial charge in [-0.3, -0.25) is 0 Å². The molecule has 0 atom stereocenters. The van der Waals surface area contributed by atoms with Crippen LogP contribution in [0.4, 0.5) is 0 Å². The molecule has 6 rings (SSSR count). The van der Waals surface area contributed by atoms with Crippen LogP contribution in [-0.4, -0.2) is 31.1 Å². The van der Waals surface area contributed by atoms with Gasteiger partial charge in [-0.1, -0.05) is 18.2 Å². The van der Waals surface area contributed by atoms with E-state index in [1.165, 1.54) is 24.3 Å². The van der Waals surface area contributed by atoms with Crippen molar-refractivity contribution in [3.8, 4) is 34.4 Å². The summed E-state index contributed by atoms with van der Waals surface area (Å²) in [7, 11) is 0. The Hall–Kier alpha value is -3.88. The molecular formula is C23H11Cl2N3O5. The molecule has 2 N–H and O–H groups in total. The highest BCUT2D eigenvalue weighted by Crippen LogP contribution is 2.57. The highest BCUT2D eigenvalue weighted by atomic mass is 35.5. The lowest BCUT2D eigenvalue weighted by Gasteiger charge is -2.36. The smallest absolute Gasteiger partial charge is 0.340 e. The summed E-state index contributed by atoms with van der Waals surface area (Å²) in [5.74, 6) is 0.0133. The number of nitrogens with zero attached hydrogens (tertiary/aromatic N) is 3. The van der Waals surface area contributed by atoms with Gasteiger partial charge in [-0.05, 0) is 47.5 Å². The van der Waals surface area contributed by atoms with E-state index in [0.717, 1.165) is 0 Å². The highest BCUT2D eigenvalue weighted by Gasteiger charge is 2.54. The minimum absolute atomic E-state index is 0.0275. The first-order valence-electron chi connectivity index (χ1n) is 9.66. The maximum atomic E-state index is 13.4. The van der Waals surface area contributed by atoms with Crippen LogP contribution in [0.3, 0.4) is 0 Å². The number of esters is 1. The molecule has 10 heteroatoms. The van der Waals surface area contributed by atoms with Gasteiger partial charge in [0.1, 0.15) is 23.0 Å². The molecule has 0 radical (unpaired) electrons. The summed E-state index contributed by atoms with van der Waals surface area (Å²) in [6.07, 6.45) is 0. The van der Waals surface area contributed by atoms with E-state index in [2.05, 4.69) is 15.0 Å². The maximum absolute atomic E-state index is 13.4. The van der Waals surface area contributed by atoms with E-state index >= 15 is 0 Å². The second-order valence-electron chi connectivity index (χ2n) is 7.46. The summed E-state index contributed by atoms with van der Waals surface area (Å²) in [5, 5.41) is 19.8. The SMILES string of the molecule is O=C1OC2(c3ccc(O)cc3Oc3cc(O)ccc32)c2cccc(-c3nc(Cl)nc(Cl)n3)c21. The zero-order valence-electron chi connectivity index (χ0n) is 16.4. The molecule has 162 valence electrons. The van der Waals surface area contributed by atoms with Gasteiger partial charge in [-0.25, -0.2) is 4.79 Å². The quantitative estimate of drug-likeness (QED) is 0.373. The zero-order chi connectivity index (χ0) is 22.9. The fraction of sp³-hybridized carbons (Fsp3) is 0.0435. The van der Waals surface area contributed by atoms with E-state index in [1.807, 2.05) is 0 Å². The lowest BCUT2D eigenvalue weighted by Crippen LogP contribution is -2.32. The molecule has 0 saturated heterocycles. The molecule has 0 amide bonds. The zero-order valence-corrected chi connectivity index (χ0v) is 17.9. The Labute approximate surface area is 196 Å². The number of carbonyl (C=O) groups is 1. The number of carbonyl (C=O) groups excluding carboxylic acids is 1. The summed E-state index contributed by atoms with van der Waals surface area (Å²) in [6, 6.07) is 14.2. The Morgan fingerprint density at radius 3 is 2.00 bits per heavy atom. The van der Waals surface area contributed by atoms with Gasteiger partial charge in [0.05, 0.1) is 5.56 Å². The van der Waals surface area contributed by atoms with Crippen molar-refractivity contribution >= 4 is 29.2 Å². The van der Waals surface area contributed by atoms with Crippen molar-refractivity contribution in [3.05, 3.63) is 87.4 Å². The molecule has 8 nitrogen and oxygen atoms in total. The molecule has 3 aromatic carbocycles. The van der Waals surface area contributed by atoms with Crippen LogP contribution in [0.1, 0.15) is 27.0 Å². The third kappa shape index (κ3) is 2.78. The van der Waals surface area contributed by atoms with Crippen LogP contribution in [0.25, 0.3) is 11.4 Å². The normalized spacial score (nSPS) is 14.8. The Kier molecular flexibility index (Phi) is 4.08. The van der Waals surface area contributed by atoms with E-state index in [9.17, 15) is 15.0 Å². The third-order valence-electron chi connectivity index (χ3n) is 5.62. The largest absolute Gasteiger partial charge is 0.508 e.